The van der Waals surface area contributed by atoms with Crippen LogP contribution in [-0.2, 0) is 9.47 Å². The number of carbonyl (C=O) groups excluding carboxylic acids is 1. The molecule has 0 saturated carbocycles. The Kier molecular flexibility index (Phi) is 5.67. The molecule has 1 heterocycles. The molecule has 0 radical (unpaired) electrons. The molecule has 1 aliphatic heterocycles. The molecule has 1 unspecified atom stereocenters. The maximum Gasteiger partial charge on any atom is 0.412 e. The Balaban J connectivity index is 2.22. The van der Waals surface area contributed by atoms with Gasteiger partial charge in [-0.1, -0.05) is 18.2 Å². The largest absolute Gasteiger partial charge is 0.444 e. The molecule has 0 aromatic heterocycles. The zero-order valence-corrected chi connectivity index (χ0v) is 16.6. The molecular weight excluding hydrogens is 316 g/mol. The molecule has 1 amide bonds. The standard InChI is InChI=1S/C20H32N2O3/c1-15(2)21(16-11-9-8-10-12-16)13-17-14-24-20(6,7)22(17)18(23)25-19(3,4)5/h8-12,15,17H,13-14H2,1-7H3. The number of para-hydroxylation sites is 1. The molecule has 5 heteroatoms. The Morgan fingerprint density at radius 3 is 2.44 bits per heavy atom. The Hall–Kier alpha value is -1.75. The summed E-state index contributed by atoms with van der Waals surface area (Å²) in [5.41, 5.74) is -0.0598. The Morgan fingerprint density at radius 1 is 1.32 bits per heavy atom. The van der Waals surface area contributed by atoms with Gasteiger partial charge in [0.25, 0.3) is 0 Å². The smallest absolute Gasteiger partial charge is 0.412 e. The first-order valence-corrected chi connectivity index (χ1v) is 8.99. The van der Waals surface area contributed by atoms with E-state index in [1.54, 1.807) is 4.90 Å². The molecule has 0 aliphatic carbocycles. The summed E-state index contributed by atoms with van der Waals surface area (Å²) in [5.74, 6) is 0. The zero-order valence-electron chi connectivity index (χ0n) is 16.6. The summed E-state index contributed by atoms with van der Waals surface area (Å²) in [4.78, 5) is 16.8. The van der Waals surface area contributed by atoms with Crippen LogP contribution in [0, 0.1) is 0 Å². The number of nitrogens with zero attached hydrogens (tertiary/aromatic N) is 2. The van der Waals surface area contributed by atoms with E-state index in [0.29, 0.717) is 19.2 Å². The van der Waals surface area contributed by atoms with Gasteiger partial charge in [-0.2, -0.15) is 0 Å². The van der Waals surface area contributed by atoms with E-state index in [9.17, 15) is 4.79 Å². The summed E-state index contributed by atoms with van der Waals surface area (Å²) in [6.07, 6.45) is -0.322. The van der Waals surface area contributed by atoms with Crippen molar-refractivity contribution in [3.05, 3.63) is 30.3 Å². The van der Waals surface area contributed by atoms with E-state index in [1.165, 1.54) is 0 Å². The fourth-order valence-electron chi connectivity index (χ4n) is 3.16. The van der Waals surface area contributed by atoms with Crippen molar-refractivity contribution in [3.8, 4) is 0 Å². The van der Waals surface area contributed by atoms with Gasteiger partial charge in [-0.25, -0.2) is 4.79 Å². The van der Waals surface area contributed by atoms with E-state index >= 15 is 0 Å². The maximum atomic E-state index is 12.8. The second-order valence-electron chi connectivity index (χ2n) is 8.34. The average Bonchev–Trinajstić information content (AvgIpc) is 2.78. The summed E-state index contributed by atoms with van der Waals surface area (Å²) in [7, 11) is 0. The summed E-state index contributed by atoms with van der Waals surface area (Å²) in [6.45, 7) is 15.0. The topological polar surface area (TPSA) is 42.0 Å². The molecule has 1 saturated heterocycles. The summed E-state index contributed by atoms with van der Waals surface area (Å²) >= 11 is 0. The molecule has 1 atom stereocenters. The highest BCUT2D eigenvalue weighted by molar-refractivity contribution is 5.70. The second kappa shape index (κ2) is 7.24. The monoisotopic (exact) mass is 348 g/mol. The number of ether oxygens (including phenoxy) is 2. The third-order valence-electron chi connectivity index (χ3n) is 4.28. The number of hydrogen-bond acceptors (Lipinski definition) is 4. The van der Waals surface area contributed by atoms with E-state index in [0.717, 1.165) is 5.69 Å². The molecule has 2 rings (SSSR count). The van der Waals surface area contributed by atoms with E-state index in [4.69, 9.17) is 9.47 Å². The van der Waals surface area contributed by atoms with E-state index in [1.807, 2.05) is 52.8 Å². The third-order valence-corrected chi connectivity index (χ3v) is 4.28. The first-order valence-electron chi connectivity index (χ1n) is 8.99. The fraction of sp³-hybridized carbons (Fsp3) is 0.650. The lowest BCUT2D eigenvalue weighted by molar-refractivity contribution is -0.0622. The van der Waals surface area contributed by atoms with Crippen molar-refractivity contribution >= 4 is 11.8 Å². The van der Waals surface area contributed by atoms with Crippen LogP contribution in [0.3, 0.4) is 0 Å². The SMILES string of the molecule is CC(C)N(CC1COC(C)(C)N1C(=O)OC(C)(C)C)c1ccccc1. The number of anilines is 1. The summed E-state index contributed by atoms with van der Waals surface area (Å²) in [5, 5.41) is 0. The lowest BCUT2D eigenvalue weighted by Crippen LogP contribution is -2.53. The minimum absolute atomic E-state index is 0.0625. The Morgan fingerprint density at radius 2 is 1.92 bits per heavy atom. The average molecular weight is 348 g/mol. The van der Waals surface area contributed by atoms with Crippen LogP contribution in [0.5, 0.6) is 0 Å². The van der Waals surface area contributed by atoms with Crippen LogP contribution in [0.4, 0.5) is 10.5 Å². The van der Waals surface area contributed by atoms with Gasteiger partial charge in [-0.15, -0.1) is 0 Å². The third kappa shape index (κ3) is 4.88. The van der Waals surface area contributed by atoms with Gasteiger partial charge >= 0.3 is 6.09 Å². The van der Waals surface area contributed by atoms with Gasteiger partial charge in [0.05, 0.1) is 12.6 Å². The normalized spacial score (nSPS) is 20.0. The molecule has 0 bridgehead atoms. The molecule has 0 spiro atoms. The van der Waals surface area contributed by atoms with Crippen molar-refractivity contribution in [1.29, 1.82) is 0 Å². The van der Waals surface area contributed by atoms with Crippen LogP contribution >= 0.6 is 0 Å². The highest BCUT2D eigenvalue weighted by atomic mass is 16.6. The molecule has 1 aromatic carbocycles. The quantitative estimate of drug-likeness (QED) is 0.815. The van der Waals surface area contributed by atoms with Crippen LogP contribution < -0.4 is 4.90 Å². The van der Waals surface area contributed by atoms with E-state index in [2.05, 4.69) is 30.9 Å². The zero-order chi connectivity index (χ0) is 18.8. The molecule has 0 N–H and O–H groups in total. The van der Waals surface area contributed by atoms with Crippen molar-refractivity contribution < 1.29 is 14.3 Å². The summed E-state index contributed by atoms with van der Waals surface area (Å²) in [6, 6.07) is 10.5. The predicted octanol–water partition coefficient (Wildman–Crippen LogP) is 4.27. The number of hydrogen-bond donors (Lipinski definition) is 0. The van der Waals surface area contributed by atoms with Gasteiger partial charge in [0.2, 0.25) is 0 Å². The highest BCUT2D eigenvalue weighted by Gasteiger charge is 2.46. The maximum absolute atomic E-state index is 12.8. The first-order chi connectivity index (χ1) is 11.5. The minimum Gasteiger partial charge on any atom is -0.444 e. The van der Waals surface area contributed by atoms with Crippen molar-refractivity contribution in [2.45, 2.75) is 71.9 Å². The predicted molar refractivity (Wildman–Crippen MR) is 101 cm³/mol. The number of carbonyl (C=O) groups is 1. The molecule has 1 aromatic rings. The molecule has 140 valence electrons. The van der Waals surface area contributed by atoms with Gasteiger partial charge in [0, 0.05) is 18.3 Å². The number of amides is 1. The first kappa shape index (κ1) is 19.6. The van der Waals surface area contributed by atoms with Gasteiger partial charge < -0.3 is 14.4 Å². The van der Waals surface area contributed by atoms with Gasteiger partial charge in [0.1, 0.15) is 11.3 Å². The highest BCUT2D eigenvalue weighted by Crippen LogP contribution is 2.31. The second-order valence-corrected chi connectivity index (χ2v) is 8.34. The lowest BCUT2D eigenvalue weighted by Gasteiger charge is -2.38. The van der Waals surface area contributed by atoms with Crippen molar-refractivity contribution in [3.63, 3.8) is 0 Å². The number of rotatable bonds is 4. The molecule has 1 aliphatic rings. The van der Waals surface area contributed by atoms with E-state index < -0.39 is 11.3 Å². The van der Waals surface area contributed by atoms with Gasteiger partial charge in [-0.05, 0) is 60.6 Å². The Bertz CT molecular complexity index is 578. The minimum atomic E-state index is -0.674. The van der Waals surface area contributed by atoms with Crippen molar-refractivity contribution in [2.75, 3.05) is 18.1 Å². The van der Waals surface area contributed by atoms with Crippen LogP contribution in [-0.4, -0.2) is 47.6 Å². The molecule has 25 heavy (non-hydrogen) atoms. The Labute approximate surface area is 151 Å². The van der Waals surface area contributed by atoms with Crippen LogP contribution in [0.2, 0.25) is 0 Å². The molecule has 1 fully saturated rings. The molecular formula is C20H32N2O3. The fourth-order valence-corrected chi connectivity index (χ4v) is 3.16. The van der Waals surface area contributed by atoms with Gasteiger partial charge in [0.15, 0.2) is 0 Å². The lowest BCUT2D eigenvalue weighted by atomic mass is 10.1. The molecule has 5 nitrogen and oxygen atoms in total. The van der Waals surface area contributed by atoms with Gasteiger partial charge in [-0.3, -0.25) is 4.90 Å². The van der Waals surface area contributed by atoms with Crippen molar-refractivity contribution in [2.24, 2.45) is 0 Å². The number of benzene rings is 1. The van der Waals surface area contributed by atoms with Crippen LogP contribution in [0.1, 0.15) is 48.5 Å². The van der Waals surface area contributed by atoms with Crippen LogP contribution in [0.25, 0.3) is 0 Å². The van der Waals surface area contributed by atoms with E-state index in [-0.39, 0.29) is 12.1 Å². The summed E-state index contributed by atoms with van der Waals surface area (Å²) < 4.78 is 11.5. The van der Waals surface area contributed by atoms with Crippen molar-refractivity contribution in [1.82, 2.24) is 4.90 Å². The van der Waals surface area contributed by atoms with Crippen LogP contribution in [0.15, 0.2) is 30.3 Å².